The fourth-order valence-corrected chi connectivity index (χ4v) is 5.91. The molecule has 0 saturated carbocycles. The maximum atomic E-state index is 12.1. The molecule has 1 fully saturated rings. The van der Waals surface area contributed by atoms with Gasteiger partial charge < -0.3 is 23.9 Å². The van der Waals surface area contributed by atoms with Gasteiger partial charge in [-0.3, -0.25) is 9.71 Å². The SMILES string of the molecule is COc1ccc(N2C(=S)N[C@@H](c3ccccn3)[C@H]2c2cc(C)n(Cc3ccco3)c2C)cc1NS(C)(=O)=O. The molecule has 38 heavy (non-hydrogen) atoms. The third kappa shape index (κ3) is 4.99. The molecule has 9 nitrogen and oxygen atoms in total. The number of rotatable bonds is 8. The van der Waals surface area contributed by atoms with E-state index in [2.05, 4.69) is 39.5 Å². The third-order valence-corrected chi connectivity index (χ3v) is 7.59. The Morgan fingerprint density at radius 1 is 1.16 bits per heavy atom. The quantitative estimate of drug-likeness (QED) is 0.304. The largest absolute Gasteiger partial charge is 0.495 e. The van der Waals surface area contributed by atoms with Gasteiger partial charge >= 0.3 is 0 Å². The number of aromatic nitrogens is 2. The highest BCUT2D eigenvalue weighted by molar-refractivity contribution is 7.92. The standard InChI is InChI=1S/C27H29N5O4S2/c1-17-14-21(18(2)31(17)16-20-8-7-13-36-20)26-25(22-9-5-6-12-28-22)29-27(37)32(26)19-10-11-24(35-3)23(15-19)30-38(4,33)34/h5-15,25-26,30H,16H2,1-4H3,(H,29,37)/t25-,26+/m0/s1. The predicted molar refractivity (Wildman–Crippen MR) is 151 cm³/mol. The van der Waals surface area contributed by atoms with Gasteiger partial charge in [0, 0.05) is 23.3 Å². The van der Waals surface area contributed by atoms with Gasteiger partial charge in [0.25, 0.3) is 0 Å². The number of nitrogens with one attached hydrogen (secondary N) is 2. The molecule has 0 unspecified atom stereocenters. The maximum Gasteiger partial charge on any atom is 0.229 e. The summed E-state index contributed by atoms with van der Waals surface area (Å²) in [5, 5.41) is 3.97. The number of ether oxygens (including phenoxy) is 1. The molecule has 5 rings (SSSR count). The van der Waals surface area contributed by atoms with Gasteiger partial charge in [0.05, 0.1) is 49.6 Å². The average molecular weight is 552 g/mol. The topological polar surface area (TPSA) is 102 Å². The highest BCUT2D eigenvalue weighted by Crippen LogP contribution is 2.44. The Labute approximate surface area is 227 Å². The lowest BCUT2D eigenvalue weighted by Gasteiger charge is -2.29. The zero-order valence-electron chi connectivity index (χ0n) is 21.5. The van der Waals surface area contributed by atoms with Gasteiger partial charge in [0.15, 0.2) is 5.11 Å². The Balaban J connectivity index is 1.64. The summed E-state index contributed by atoms with van der Waals surface area (Å²) in [5.74, 6) is 1.27. The van der Waals surface area contributed by atoms with Gasteiger partial charge in [0.2, 0.25) is 10.0 Å². The first-order chi connectivity index (χ1) is 18.2. The van der Waals surface area contributed by atoms with Crippen molar-refractivity contribution in [3.63, 3.8) is 0 Å². The smallest absolute Gasteiger partial charge is 0.229 e. The summed E-state index contributed by atoms with van der Waals surface area (Å²) in [7, 11) is -2.04. The summed E-state index contributed by atoms with van der Waals surface area (Å²) in [6.07, 6.45) is 4.55. The van der Waals surface area contributed by atoms with Crippen LogP contribution in [-0.2, 0) is 16.6 Å². The fourth-order valence-electron chi connectivity index (χ4n) is 5.00. The molecule has 0 bridgehead atoms. The van der Waals surface area contributed by atoms with Crippen LogP contribution in [0.15, 0.2) is 71.5 Å². The number of pyridine rings is 1. The average Bonchev–Trinajstić information content (AvgIpc) is 3.58. The van der Waals surface area contributed by atoms with E-state index >= 15 is 0 Å². The molecule has 11 heteroatoms. The fraction of sp³-hybridized carbons (Fsp3) is 0.259. The van der Waals surface area contributed by atoms with Gasteiger partial charge in [-0.15, -0.1) is 0 Å². The first-order valence-electron chi connectivity index (χ1n) is 12.0. The van der Waals surface area contributed by atoms with Crippen LogP contribution in [0.5, 0.6) is 5.75 Å². The van der Waals surface area contributed by atoms with Crippen molar-refractivity contribution in [3.8, 4) is 5.75 Å². The second-order valence-corrected chi connectivity index (χ2v) is 11.4. The molecule has 0 radical (unpaired) electrons. The van der Waals surface area contributed by atoms with E-state index in [4.69, 9.17) is 21.4 Å². The lowest BCUT2D eigenvalue weighted by Crippen LogP contribution is -2.29. The van der Waals surface area contributed by atoms with Gasteiger partial charge in [-0.2, -0.15) is 0 Å². The third-order valence-electron chi connectivity index (χ3n) is 6.68. The Hall–Kier alpha value is -3.83. The second-order valence-electron chi connectivity index (χ2n) is 9.25. The van der Waals surface area contributed by atoms with E-state index < -0.39 is 10.0 Å². The van der Waals surface area contributed by atoms with Crippen LogP contribution in [0.3, 0.4) is 0 Å². The summed E-state index contributed by atoms with van der Waals surface area (Å²) >= 11 is 5.86. The monoisotopic (exact) mass is 551 g/mol. The molecular weight excluding hydrogens is 522 g/mol. The molecule has 1 aliphatic rings. The first kappa shape index (κ1) is 25.8. The Morgan fingerprint density at radius 2 is 1.97 bits per heavy atom. The zero-order chi connectivity index (χ0) is 27.0. The summed E-state index contributed by atoms with van der Waals surface area (Å²) < 4.78 is 39.9. The number of hydrogen-bond donors (Lipinski definition) is 2. The van der Waals surface area contributed by atoms with E-state index in [9.17, 15) is 8.42 Å². The predicted octanol–water partition coefficient (Wildman–Crippen LogP) is 4.70. The number of nitrogens with zero attached hydrogens (tertiary/aromatic N) is 3. The zero-order valence-corrected chi connectivity index (χ0v) is 23.1. The molecule has 198 valence electrons. The van der Waals surface area contributed by atoms with Gasteiger partial charge in [-0.05, 0) is 80.2 Å². The van der Waals surface area contributed by atoms with Crippen LogP contribution in [-0.4, -0.2) is 36.4 Å². The molecule has 3 aromatic heterocycles. The van der Waals surface area contributed by atoms with Crippen LogP contribution >= 0.6 is 12.2 Å². The summed E-state index contributed by atoms with van der Waals surface area (Å²) in [6.45, 7) is 4.77. The van der Waals surface area contributed by atoms with Crippen molar-refractivity contribution < 1.29 is 17.6 Å². The molecule has 1 aromatic carbocycles. The minimum atomic E-state index is -3.54. The van der Waals surface area contributed by atoms with Crippen molar-refractivity contribution >= 4 is 38.7 Å². The number of sulfonamides is 1. The maximum absolute atomic E-state index is 12.1. The van der Waals surface area contributed by atoms with Crippen LogP contribution in [0.2, 0.25) is 0 Å². The molecule has 4 aromatic rings. The highest BCUT2D eigenvalue weighted by atomic mass is 32.2. The van der Waals surface area contributed by atoms with Gasteiger partial charge in [-0.1, -0.05) is 6.07 Å². The summed E-state index contributed by atoms with van der Waals surface area (Å²) in [5.41, 5.74) is 5.13. The molecule has 0 spiro atoms. The molecule has 2 N–H and O–H groups in total. The van der Waals surface area contributed by atoms with E-state index in [1.807, 2.05) is 41.3 Å². The highest BCUT2D eigenvalue weighted by Gasteiger charge is 2.42. The van der Waals surface area contributed by atoms with E-state index in [1.165, 1.54) is 7.11 Å². The number of thiocarbonyl (C=S) groups is 1. The van der Waals surface area contributed by atoms with Crippen LogP contribution in [0.4, 0.5) is 11.4 Å². The molecule has 1 saturated heterocycles. The minimum absolute atomic E-state index is 0.241. The lowest BCUT2D eigenvalue weighted by atomic mass is 9.96. The summed E-state index contributed by atoms with van der Waals surface area (Å²) in [4.78, 5) is 6.64. The Kier molecular flexibility index (Phi) is 6.89. The lowest BCUT2D eigenvalue weighted by molar-refractivity contribution is 0.417. The van der Waals surface area contributed by atoms with Crippen molar-refractivity contribution in [1.82, 2.24) is 14.9 Å². The van der Waals surface area contributed by atoms with E-state index in [0.717, 1.165) is 34.7 Å². The molecular formula is C27H29N5O4S2. The van der Waals surface area contributed by atoms with E-state index in [1.54, 1.807) is 24.6 Å². The van der Waals surface area contributed by atoms with Crippen molar-refractivity contribution in [2.75, 3.05) is 23.0 Å². The summed E-state index contributed by atoms with van der Waals surface area (Å²) in [6, 6.07) is 16.7. The Morgan fingerprint density at radius 3 is 2.63 bits per heavy atom. The molecule has 4 heterocycles. The number of hydrogen-bond acceptors (Lipinski definition) is 6. The normalized spacial score (nSPS) is 17.5. The number of furan rings is 1. The van der Waals surface area contributed by atoms with Crippen LogP contribution < -0.4 is 19.7 Å². The number of benzene rings is 1. The van der Waals surface area contributed by atoms with Crippen LogP contribution in [0, 0.1) is 13.8 Å². The second kappa shape index (κ2) is 10.1. The van der Waals surface area contributed by atoms with Crippen molar-refractivity contribution in [3.05, 3.63) is 95.5 Å². The van der Waals surface area contributed by atoms with Gasteiger partial charge in [0.1, 0.15) is 11.5 Å². The van der Waals surface area contributed by atoms with E-state index in [-0.39, 0.29) is 12.1 Å². The number of methoxy groups -OCH3 is 1. The van der Waals surface area contributed by atoms with Crippen LogP contribution in [0.1, 0.15) is 40.5 Å². The van der Waals surface area contributed by atoms with Gasteiger partial charge in [-0.25, -0.2) is 8.42 Å². The minimum Gasteiger partial charge on any atom is -0.495 e. The Bertz CT molecular complexity index is 1570. The molecule has 1 aliphatic heterocycles. The van der Waals surface area contributed by atoms with Crippen molar-refractivity contribution in [1.29, 1.82) is 0 Å². The van der Waals surface area contributed by atoms with Crippen molar-refractivity contribution in [2.45, 2.75) is 32.5 Å². The number of aryl methyl sites for hydroxylation is 1. The molecule has 0 amide bonds. The van der Waals surface area contributed by atoms with Crippen LogP contribution in [0.25, 0.3) is 0 Å². The van der Waals surface area contributed by atoms with E-state index in [0.29, 0.717) is 28.8 Å². The molecule has 2 atom stereocenters. The molecule has 0 aliphatic carbocycles. The number of anilines is 2. The first-order valence-corrected chi connectivity index (χ1v) is 14.3. The van der Waals surface area contributed by atoms with Crippen molar-refractivity contribution in [2.24, 2.45) is 0 Å².